The molecule has 0 atom stereocenters. The minimum Gasteiger partial charge on any atom is -0.346 e. The molecule has 0 aliphatic rings. The maximum absolute atomic E-state index is 12.5. The van der Waals surface area contributed by atoms with Crippen LogP contribution in [0.25, 0.3) is 0 Å². The van der Waals surface area contributed by atoms with Gasteiger partial charge in [0, 0.05) is 6.54 Å². The standard InChI is InChI=1S/C13H17F2N3O2/c14-11(15)9-18(8-10-4-2-1-3-5-10)13(20)7-17-12(19)6-16/h1-5,11H,6-9,16H2,(H,17,19). The van der Waals surface area contributed by atoms with Crippen molar-refractivity contribution in [1.29, 1.82) is 0 Å². The number of hydrogen-bond donors (Lipinski definition) is 2. The number of halogens is 2. The molecule has 0 fully saturated rings. The summed E-state index contributed by atoms with van der Waals surface area (Å²) in [5.41, 5.74) is 5.82. The number of alkyl halides is 2. The van der Waals surface area contributed by atoms with Crippen LogP contribution in [0.1, 0.15) is 5.56 Å². The molecule has 3 N–H and O–H groups in total. The van der Waals surface area contributed by atoms with E-state index >= 15 is 0 Å². The summed E-state index contributed by atoms with van der Waals surface area (Å²) in [4.78, 5) is 23.8. The van der Waals surface area contributed by atoms with Gasteiger partial charge >= 0.3 is 0 Å². The molecule has 0 aliphatic carbocycles. The van der Waals surface area contributed by atoms with Crippen LogP contribution in [0, 0.1) is 0 Å². The van der Waals surface area contributed by atoms with Crippen molar-refractivity contribution in [2.75, 3.05) is 19.6 Å². The fraction of sp³-hybridized carbons (Fsp3) is 0.385. The third-order valence-corrected chi connectivity index (χ3v) is 2.55. The Morgan fingerprint density at radius 2 is 1.90 bits per heavy atom. The van der Waals surface area contributed by atoms with Gasteiger partial charge < -0.3 is 16.0 Å². The van der Waals surface area contributed by atoms with Gasteiger partial charge in [-0.2, -0.15) is 0 Å². The van der Waals surface area contributed by atoms with Crippen molar-refractivity contribution >= 4 is 11.8 Å². The van der Waals surface area contributed by atoms with Crippen LogP contribution in [0.3, 0.4) is 0 Å². The Labute approximate surface area is 115 Å². The van der Waals surface area contributed by atoms with E-state index in [9.17, 15) is 18.4 Å². The quantitative estimate of drug-likeness (QED) is 0.759. The molecule has 0 aromatic heterocycles. The molecule has 2 amide bonds. The molecule has 20 heavy (non-hydrogen) atoms. The number of carbonyl (C=O) groups is 2. The minimum absolute atomic E-state index is 0.0719. The van der Waals surface area contributed by atoms with Gasteiger partial charge in [-0.15, -0.1) is 0 Å². The van der Waals surface area contributed by atoms with Crippen molar-refractivity contribution < 1.29 is 18.4 Å². The predicted octanol–water partition coefficient (Wildman–Crippen LogP) is 0.355. The topological polar surface area (TPSA) is 75.4 Å². The summed E-state index contributed by atoms with van der Waals surface area (Å²) in [6, 6.07) is 8.80. The highest BCUT2D eigenvalue weighted by atomic mass is 19.3. The molecule has 5 nitrogen and oxygen atoms in total. The zero-order valence-electron chi connectivity index (χ0n) is 10.9. The molecular weight excluding hydrogens is 268 g/mol. The fourth-order valence-corrected chi connectivity index (χ4v) is 1.58. The van der Waals surface area contributed by atoms with E-state index in [-0.39, 0.29) is 19.6 Å². The number of rotatable bonds is 7. The monoisotopic (exact) mass is 285 g/mol. The van der Waals surface area contributed by atoms with E-state index in [1.165, 1.54) is 0 Å². The molecule has 0 radical (unpaired) electrons. The zero-order chi connectivity index (χ0) is 15.0. The Balaban J connectivity index is 2.63. The number of amides is 2. The molecule has 0 heterocycles. The Morgan fingerprint density at radius 3 is 2.45 bits per heavy atom. The van der Waals surface area contributed by atoms with Crippen LogP contribution < -0.4 is 11.1 Å². The van der Waals surface area contributed by atoms with Crippen LogP contribution in [0.5, 0.6) is 0 Å². The second kappa shape index (κ2) is 8.21. The van der Waals surface area contributed by atoms with E-state index in [1.807, 2.05) is 0 Å². The van der Waals surface area contributed by atoms with Gasteiger partial charge in [-0.05, 0) is 5.56 Å². The lowest BCUT2D eigenvalue weighted by atomic mass is 10.2. The second-order valence-electron chi connectivity index (χ2n) is 4.13. The summed E-state index contributed by atoms with van der Waals surface area (Å²) in [7, 11) is 0. The molecule has 0 bridgehead atoms. The van der Waals surface area contributed by atoms with E-state index in [4.69, 9.17) is 5.73 Å². The van der Waals surface area contributed by atoms with E-state index in [2.05, 4.69) is 5.32 Å². The average Bonchev–Trinajstić information content (AvgIpc) is 2.44. The smallest absolute Gasteiger partial charge is 0.255 e. The maximum atomic E-state index is 12.5. The molecule has 7 heteroatoms. The van der Waals surface area contributed by atoms with Gasteiger partial charge in [0.2, 0.25) is 11.8 Å². The van der Waals surface area contributed by atoms with Crippen molar-refractivity contribution in [3.8, 4) is 0 Å². The lowest BCUT2D eigenvalue weighted by Crippen LogP contribution is -2.43. The third kappa shape index (κ3) is 5.75. The predicted molar refractivity (Wildman–Crippen MR) is 69.9 cm³/mol. The number of nitrogens with zero attached hydrogens (tertiary/aromatic N) is 1. The lowest BCUT2D eigenvalue weighted by molar-refractivity contribution is -0.134. The van der Waals surface area contributed by atoms with E-state index in [0.29, 0.717) is 0 Å². The molecule has 0 aliphatic heterocycles. The summed E-state index contributed by atoms with van der Waals surface area (Å²) in [6.45, 7) is -1.19. The minimum atomic E-state index is -2.63. The van der Waals surface area contributed by atoms with Crippen LogP contribution in [0.2, 0.25) is 0 Å². The summed E-state index contributed by atoms with van der Waals surface area (Å²) in [5, 5.41) is 2.27. The van der Waals surface area contributed by atoms with E-state index in [0.717, 1.165) is 10.5 Å². The Kier molecular flexibility index (Phi) is 6.58. The molecule has 110 valence electrons. The van der Waals surface area contributed by atoms with Gasteiger partial charge in [-0.25, -0.2) is 8.78 Å². The van der Waals surface area contributed by atoms with Gasteiger partial charge in [0.05, 0.1) is 19.6 Å². The first-order chi connectivity index (χ1) is 9.52. The number of benzene rings is 1. The number of nitrogens with one attached hydrogen (secondary N) is 1. The van der Waals surface area contributed by atoms with Crippen LogP contribution in [0.4, 0.5) is 8.78 Å². The maximum Gasteiger partial charge on any atom is 0.255 e. The second-order valence-corrected chi connectivity index (χ2v) is 4.13. The van der Waals surface area contributed by atoms with Crippen LogP contribution in [0.15, 0.2) is 30.3 Å². The van der Waals surface area contributed by atoms with Crippen molar-refractivity contribution in [3.63, 3.8) is 0 Å². The molecule has 1 aromatic carbocycles. The highest BCUT2D eigenvalue weighted by molar-refractivity contribution is 5.85. The van der Waals surface area contributed by atoms with Crippen LogP contribution >= 0.6 is 0 Å². The Morgan fingerprint density at radius 1 is 1.25 bits per heavy atom. The van der Waals surface area contributed by atoms with Crippen LogP contribution in [-0.2, 0) is 16.1 Å². The van der Waals surface area contributed by atoms with Gasteiger partial charge in [0.25, 0.3) is 6.43 Å². The molecule has 0 unspecified atom stereocenters. The normalized spacial score (nSPS) is 10.4. The van der Waals surface area contributed by atoms with Crippen molar-refractivity contribution in [1.82, 2.24) is 10.2 Å². The molecule has 0 saturated carbocycles. The first-order valence-electron chi connectivity index (χ1n) is 6.09. The van der Waals surface area contributed by atoms with Gasteiger partial charge in [-0.1, -0.05) is 30.3 Å². The average molecular weight is 285 g/mol. The first kappa shape index (κ1) is 16.0. The summed E-state index contributed by atoms with van der Waals surface area (Å²) in [5.74, 6) is -1.08. The van der Waals surface area contributed by atoms with Crippen molar-refractivity contribution in [2.45, 2.75) is 13.0 Å². The Hall–Kier alpha value is -2.02. The van der Waals surface area contributed by atoms with Crippen LogP contribution in [-0.4, -0.2) is 42.8 Å². The van der Waals surface area contributed by atoms with Gasteiger partial charge in [0.15, 0.2) is 0 Å². The van der Waals surface area contributed by atoms with Gasteiger partial charge in [0.1, 0.15) is 0 Å². The van der Waals surface area contributed by atoms with Crippen molar-refractivity contribution in [2.24, 2.45) is 5.73 Å². The third-order valence-electron chi connectivity index (χ3n) is 2.55. The molecule has 1 rings (SSSR count). The zero-order valence-corrected chi connectivity index (χ0v) is 10.9. The highest BCUT2D eigenvalue weighted by Crippen LogP contribution is 2.07. The molecular formula is C13H17F2N3O2. The summed E-state index contributed by atoms with van der Waals surface area (Å²) < 4.78 is 25.0. The van der Waals surface area contributed by atoms with Gasteiger partial charge in [-0.3, -0.25) is 9.59 Å². The highest BCUT2D eigenvalue weighted by Gasteiger charge is 2.18. The lowest BCUT2D eigenvalue weighted by Gasteiger charge is -2.22. The van der Waals surface area contributed by atoms with E-state index in [1.54, 1.807) is 30.3 Å². The number of nitrogens with two attached hydrogens (primary N) is 1. The summed E-state index contributed by atoms with van der Waals surface area (Å²) >= 11 is 0. The summed E-state index contributed by atoms with van der Waals surface area (Å²) in [6.07, 6.45) is -2.63. The SMILES string of the molecule is NCC(=O)NCC(=O)N(Cc1ccccc1)CC(F)F. The molecule has 0 spiro atoms. The fourth-order valence-electron chi connectivity index (χ4n) is 1.58. The molecule has 0 saturated heterocycles. The van der Waals surface area contributed by atoms with Crippen molar-refractivity contribution in [3.05, 3.63) is 35.9 Å². The van der Waals surface area contributed by atoms with E-state index < -0.39 is 24.8 Å². The Bertz CT molecular complexity index is 441. The molecule has 1 aromatic rings. The first-order valence-corrected chi connectivity index (χ1v) is 6.09. The largest absolute Gasteiger partial charge is 0.346 e. The number of carbonyl (C=O) groups excluding carboxylic acids is 2. The number of hydrogen-bond acceptors (Lipinski definition) is 3.